The Hall–Kier alpha value is -1.28. The van der Waals surface area contributed by atoms with Crippen LogP contribution >= 0.6 is 0 Å². The lowest BCUT2D eigenvalue weighted by Gasteiger charge is -2.18. The molecule has 0 bridgehead atoms. The minimum Gasteiger partial charge on any atom is -0.493 e. The average Bonchev–Trinajstić information content (AvgIpc) is 2.50. The summed E-state index contributed by atoms with van der Waals surface area (Å²) < 4.78 is 5.82. The summed E-state index contributed by atoms with van der Waals surface area (Å²) in [4.78, 5) is 0. The lowest BCUT2D eigenvalue weighted by Crippen LogP contribution is -2.20. The van der Waals surface area contributed by atoms with Crippen LogP contribution in [0, 0.1) is 6.92 Å². The summed E-state index contributed by atoms with van der Waals surface area (Å²) in [7, 11) is 0. The first-order valence-corrected chi connectivity index (χ1v) is 5.89. The molecule has 1 aromatic rings. The first-order chi connectivity index (χ1) is 7.83. The molecule has 0 aliphatic carbocycles. The summed E-state index contributed by atoms with van der Waals surface area (Å²) in [6.07, 6.45) is 4.13. The lowest BCUT2D eigenvalue weighted by atomic mass is 10.00. The second-order valence-electron chi connectivity index (χ2n) is 4.23. The van der Waals surface area contributed by atoms with Gasteiger partial charge in [0, 0.05) is 18.2 Å². The van der Waals surface area contributed by atoms with Gasteiger partial charge in [-0.05, 0) is 25.3 Å². The molecule has 0 amide bonds. The maximum absolute atomic E-state index is 5.82. The number of rotatable bonds is 3. The van der Waals surface area contributed by atoms with Crippen LogP contribution in [-0.4, -0.2) is 13.2 Å². The molecule has 0 saturated heterocycles. The third-order valence-corrected chi connectivity index (χ3v) is 3.01. The molecule has 0 radical (unpaired) electrons. The smallest absolute Gasteiger partial charge is 0.126 e. The van der Waals surface area contributed by atoms with E-state index in [-0.39, 0.29) is 0 Å². The van der Waals surface area contributed by atoms with Gasteiger partial charge in [-0.1, -0.05) is 24.3 Å². The van der Waals surface area contributed by atoms with Gasteiger partial charge in [-0.25, -0.2) is 0 Å². The van der Waals surface area contributed by atoms with Crippen molar-refractivity contribution in [2.75, 3.05) is 13.2 Å². The molecule has 1 aliphatic heterocycles. The zero-order valence-electron chi connectivity index (χ0n) is 9.83. The van der Waals surface area contributed by atoms with Crippen molar-refractivity contribution >= 4 is 0 Å². The summed E-state index contributed by atoms with van der Waals surface area (Å²) in [5, 5.41) is 3.50. The predicted molar refractivity (Wildman–Crippen MR) is 66.8 cm³/mol. The van der Waals surface area contributed by atoms with Crippen LogP contribution in [0.4, 0.5) is 0 Å². The number of hydrogen-bond donors (Lipinski definition) is 1. The van der Waals surface area contributed by atoms with Crippen molar-refractivity contribution in [1.82, 2.24) is 5.32 Å². The molecule has 2 nitrogen and oxygen atoms in total. The molecule has 2 rings (SSSR count). The van der Waals surface area contributed by atoms with Gasteiger partial charge in [-0.15, -0.1) is 6.58 Å². The fourth-order valence-electron chi connectivity index (χ4n) is 2.20. The summed E-state index contributed by atoms with van der Waals surface area (Å²) >= 11 is 0. The number of nitrogens with one attached hydrogen (secondary N) is 1. The maximum Gasteiger partial charge on any atom is 0.126 e. The average molecular weight is 217 g/mol. The van der Waals surface area contributed by atoms with Crippen LogP contribution in [0.2, 0.25) is 0 Å². The third-order valence-electron chi connectivity index (χ3n) is 3.01. The first kappa shape index (κ1) is 11.2. The molecule has 1 N–H and O–H groups in total. The van der Waals surface area contributed by atoms with Crippen LogP contribution in [0.5, 0.6) is 5.75 Å². The summed E-state index contributed by atoms with van der Waals surface area (Å²) in [5.74, 6) is 1.07. The van der Waals surface area contributed by atoms with Crippen molar-refractivity contribution in [3.8, 4) is 5.75 Å². The quantitative estimate of drug-likeness (QED) is 0.786. The van der Waals surface area contributed by atoms with Gasteiger partial charge >= 0.3 is 0 Å². The van der Waals surface area contributed by atoms with E-state index in [4.69, 9.17) is 4.74 Å². The van der Waals surface area contributed by atoms with Gasteiger partial charge in [0.1, 0.15) is 5.75 Å². The fraction of sp³-hybridized carbons (Fsp3) is 0.429. The number of fused-ring (bicyclic) bond motifs is 1. The Bertz CT molecular complexity index is 373. The Morgan fingerprint density at radius 3 is 3.25 bits per heavy atom. The van der Waals surface area contributed by atoms with E-state index in [0.29, 0.717) is 6.04 Å². The minimum atomic E-state index is 0.399. The van der Waals surface area contributed by atoms with Crippen molar-refractivity contribution in [2.45, 2.75) is 25.8 Å². The van der Waals surface area contributed by atoms with Crippen molar-refractivity contribution < 1.29 is 4.74 Å². The molecule has 0 spiro atoms. The van der Waals surface area contributed by atoms with Gasteiger partial charge in [0.05, 0.1) is 6.61 Å². The second kappa shape index (κ2) is 5.17. The topological polar surface area (TPSA) is 21.3 Å². The highest BCUT2D eigenvalue weighted by molar-refractivity contribution is 5.43. The highest BCUT2D eigenvalue weighted by Gasteiger charge is 2.19. The van der Waals surface area contributed by atoms with Crippen LogP contribution in [0.15, 0.2) is 30.9 Å². The van der Waals surface area contributed by atoms with E-state index in [0.717, 1.165) is 31.7 Å². The Labute approximate surface area is 97.3 Å². The van der Waals surface area contributed by atoms with E-state index in [2.05, 4.69) is 37.0 Å². The van der Waals surface area contributed by atoms with E-state index in [9.17, 15) is 0 Å². The van der Waals surface area contributed by atoms with E-state index < -0.39 is 0 Å². The van der Waals surface area contributed by atoms with Gasteiger partial charge in [0.25, 0.3) is 0 Å². The normalized spacial score (nSPS) is 19.4. The molecule has 1 aromatic carbocycles. The number of ether oxygens (including phenoxy) is 1. The molecule has 1 atom stereocenters. The molecule has 1 unspecified atom stereocenters. The Kier molecular flexibility index (Phi) is 3.62. The molecule has 86 valence electrons. The number of hydrogen-bond acceptors (Lipinski definition) is 2. The van der Waals surface area contributed by atoms with Crippen molar-refractivity contribution in [3.63, 3.8) is 0 Å². The van der Waals surface area contributed by atoms with Crippen LogP contribution < -0.4 is 10.1 Å². The van der Waals surface area contributed by atoms with Gasteiger partial charge in [0.15, 0.2) is 0 Å². The Morgan fingerprint density at radius 2 is 2.44 bits per heavy atom. The molecular formula is C14H19NO. The van der Waals surface area contributed by atoms with Gasteiger partial charge in [-0.3, -0.25) is 0 Å². The largest absolute Gasteiger partial charge is 0.493 e. The molecule has 0 saturated carbocycles. The van der Waals surface area contributed by atoms with Crippen LogP contribution in [-0.2, 0) is 0 Å². The fourth-order valence-corrected chi connectivity index (χ4v) is 2.20. The summed E-state index contributed by atoms with van der Waals surface area (Å²) in [6, 6.07) is 6.77. The van der Waals surface area contributed by atoms with Crippen LogP contribution in [0.1, 0.15) is 30.0 Å². The molecule has 1 heterocycles. The first-order valence-electron chi connectivity index (χ1n) is 5.89. The SMILES string of the molecule is C=CCNC1CCCOc2c(C)cccc21. The van der Waals surface area contributed by atoms with Crippen molar-refractivity contribution in [3.05, 3.63) is 42.0 Å². The standard InChI is InChI=1S/C14H19NO/c1-3-9-15-13-8-5-10-16-14-11(2)6-4-7-12(13)14/h3-4,6-7,13,15H,1,5,8-10H2,2H3. The highest BCUT2D eigenvalue weighted by atomic mass is 16.5. The second-order valence-corrected chi connectivity index (χ2v) is 4.23. The van der Waals surface area contributed by atoms with Gasteiger partial charge in [-0.2, -0.15) is 0 Å². The van der Waals surface area contributed by atoms with E-state index in [1.54, 1.807) is 0 Å². The minimum absolute atomic E-state index is 0.399. The van der Waals surface area contributed by atoms with Gasteiger partial charge < -0.3 is 10.1 Å². The number of benzene rings is 1. The number of aryl methyl sites for hydroxylation is 1. The summed E-state index contributed by atoms with van der Waals surface area (Å²) in [6.45, 7) is 7.52. The molecule has 2 heteroatoms. The van der Waals surface area contributed by atoms with E-state index >= 15 is 0 Å². The van der Waals surface area contributed by atoms with Gasteiger partial charge in [0.2, 0.25) is 0 Å². The molecular weight excluding hydrogens is 198 g/mol. The zero-order chi connectivity index (χ0) is 11.4. The lowest BCUT2D eigenvalue weighted by molar-refractivity contribution is 0.313. The predicted octanol–water partition coefficient (Wildman–Crippen LogP) is 2.98. The molecule has 0 fully saturated rings. The monoisotopic (exact) mass is 217 g/mol. The van der Waals surface area contributed by atoms with E-state index in [1.807, 2.05) is 6.08 Å². The molecule has 0 aromatic heterocycles. The van der Waals surface area contributed by atoms with Crippen LogP contribution in [0.25, 0.3) is 0 Å². The zero-order valence-corrected chi connectivity index (χ0v) is 9.83. The highest BCUT2D eigenvalue weighted by Crippen LogP contribution is 2.33. The summed E-state index contributed by atoms with van der Waals surface area (Å²) in [5.41, 5.74) is 2.52. The molecule has 1 aliphatic rings. The third kappa shape index (κ3) is 2.27. The Morgan fingerprint density at radius 1 is 1.56 bits per heavy atom. The molecule has 16 heavy (non-hydrogen) atoms. The maximum atomic E-state index is 5.82. The Balaban J connectivity index is 2.29. The van der Waals surface area contributed by atoms with Crippen molar-refractivity contribution in [1.29, 1.82) is 0 Å². The van der Waals surface area contributed by atoms with E-state index in [1.165, 1.54) is 11.1 Å². The van der Waals surface area contributed by atoms with Crippen molar-refractivity contribution in [2.24, 2.45) is 0 Å². The number of para-hydroxylation sites is 1. The van der Waals surface area contributed by atoms with Crippen LogP contribution in [0.3, 0.4) is 0 Å².